The maximum atomic E-state index is 11.3. The van der Waals surface area contributed by atoms with Crippen LogP contribution in [0.15, 0.2) is 4.99 Å². The lowest BCUT2D eigenvalue weighted by molar-refractivity contribution is -0.130. The largest absolute Gasteiger partial charge is 0.382 e. The smallest absolute Gasteiger partial charge is 0.219 e. The molecule has 0 saturated carbocycles. The molecule has 1 saturated heterocycles. The molecule has 1 heterocycles. The van der Waals surface area contributed by atoms with Gasteiger partial charge in [0.2, 0.25) is 5.91 Å². The van der Waals surface area contributed by atoms with Crippen LogP contribution < -0.4 is 5.32 Å². The lowest BCUT2D eigenvalue weighted by Gasteiger charge is -2.36. The summed E-state index contributed by atoms with van der Waals surface area (Å²) in [7, 11) is 0. The molecule has 0 spiro atoms. The van der Waals surface area contributed by atoms with Crippen LogP contribution in [0.1, 0.15) is 33.6 Å². The number of guanidine groups is 1. The summed E-state index contributed by atoms with van der Waals surface area (Å²) < 4.78 is 5.33. The van der Waals surface area contributed by atoms with Crippen molar-refractivity contribution in [2.45, 2.75) is 33.6 Å². The minimum absolute atomic E-state index is 0. The Bertz CT molecular complexity index is 332. The first-order chi connectivity index (χ1) is 10.2. The molecule has 0 aromatic rings. The van der Waals surface area contributed by atoms with Gasteiger partial charge in [-0.25, -0.2) is 0 Å². The van der Waals surface area contributed by atoms with E-state index in [4.69, 9.17) is 4.74 Å². The van der Waals surface area contributed by atoms with E-state index >= 15 is 0 Å². The molecule has 0 radical (unpaired) electrons. The van der Waals surface area contributed by atoms with E-state index in [1.165, 1.54) is 0 Å². The van der Waals surface area contributed by atoms with Gasteiger partial charge in [-0.2, -0.15) is 0 Å². The van der Waals surface area contributed by atoms with Gasteiger partial charge in [-0.1, -0.05) is 0 Å². The minimum atomic E-state index is 0. The number of rotatable bonds is 7. The zero-order chi connectivity index (χ0) is 15.5. The lowest BCUT2D eigenvalue weighted by atomic mass is 10.3. The second-order valence-electron chi connectivity index (χ2n) is 5.13. The monoisotopic (exact) mass is 426 g/mol. The number of carbonyl (C=O) groups is 1. The summed E-state index contributed by atoms with van der Waals surface area (Å²) in [6, 6.07) is 0. The van der Waals surface area contributed by atoms with Gasteiger partial charge in [-0.3, -0.25) is 9.79 Å². The molecule has 0 atom stereocenters. The summed E-state index contributed by atoms with van der Waals surface area (Å²) in [6.45, 7) is 12.3. The Labute approximate surface area is 151 Å². The predicted octanol–water partition coefficient (Wildman–Crippen LogP) is 1.55. The average Bonchev–Trinajstić information content (AvgIpc) is 2.49. The molecule has 0 bridgehead atoms. The number of nitrogens with zero attached hydrogens (tertiary/aromatic N) is 3. The van der Waals surface area contributed by atoms with Crippen LogP contribution in [0.4, 0.5) is 0 Å². The standard InChI is InChI=1S/C15H30N4O2.HI/c1-4-16-15(17-8-6-7-13-21-5-2)19-11-9-18(10-12-19)14(3)20;/h4-13H2,1-3H3,(H,16,17);1H. The Kier molecular flexibility index (Phi) is 12.6. The first-order valence-corrected chi connectivity index (χ1v) is 8.05. The van der Waals surface area contributed by atoms with Crippen molar-refractivity contribution in [3.05, 3.63) is 0 Å². The van der Waals surface area contributed by atoms with Gasteiger partial charge in [0, 0.05) is 59.4 Å². The molecule has 1 aliphatic rings. The van der Waals surface area contributed by atoms with Crippen molar-refractivity contribution in [2.75, 3.05) is 52.5 Å². The molecule has 1 fully saturated rings. The topological polar surface area (TPSA) is 57.2 Å². The molecule has 1 aliphatic heterocycles. The molecule has 6 nitrogen and oxygen atoms in total. The second kappa shape index (κ2) is 12.9. The van der Waals surface area contributed by atoms with Crippen LogP contribution in [-0.2, 0) is 9.53 Å². The van der Waals surface area contributed by atoms with E-state index < -0.39 is 0 Å². The first-order valence-electron chi connectivity index (χ1n) is 8.05. The molecule has 1 amide bonds. The summed E-state index contributed by atoms with van der Waals surface area (Å²) in [5, 5.41) is 3.34. The molecule has 130 valence electrons. The predicted molar refractivity (Wildman–Crippen MR) is 101 cm³/mol. The van der Waals surface area contributed by atoms with Crippen LogP contribution in [0.5, 0.6) is 0 Å². The van der Waals surface area contributed by atoms with Gasteiger partial charge in [-0.15, -0.1) is 24.0 Å². The van der Waals surface area contributed by atoms with Gasteiger partial charge in [0.05, 0.1) is 0 Å². The van der Waals surface area contributed by atoms with E-state index in [0.29, 0.717) is 0 Å². The van der Waals surface area contributed by atoms with Crippen LogP contribution >= 0.6 is 24.0 Å². The highest BCUT2D eigenvalue weighted by Crippen LogP contribution is 2.03. The fourth-order valence-electron chi connectivity index (χ4n) is 2.30. The summed E-state index contributed by atoms with van der Waals surface area (Å²) >= 11 is 0. The number of ether oxygens (including phenoxy) is 1. The molecular weight excluding hydrogens is 395 g/mol. The SMILES string of the molecule is CCNC(=NCCCCOCC)N1CCN(C(C)=O)CC1.I. The maximum Gasteiger partial charge on any atom is 0.219 e. The van der Waals surface area contributed by atoms with E-state index in [1.54, 1.807) is 6.92 Å². The normalized spacial score (nSPS) is 15.5. The van der Waals surface area contributed by atoms with Crippen molar-refractivity contribution >= 4 is 35.8 Å². The summed E-state index contributed by atoms with van der Waals surface area (Å²) in [5.74, 6) is 1.13. The summed E-state index contributed by atoms with van der Waals surface area (Å²) in [4.78, 5) is 20.2. The maximum absolute atomic E-state index is 11.3. The van der Waals surface area contributed by atoms with Crippen molar-refractivity contribution in [3.8, 4) is 0 Å². The van der Waals surface area contributed by atoms with Crippen LogP contribution in [0.3, 0.4) is 0 Å². The first kappa shape index (κ1) is 21.4. The van der Waals surface area contributed by atoms with Crippen molar-refractivity contribution in [1.82, 2.24) is 15.1 Å². The summed E-state index contributed by atoms with van der Waals surface area (Å²) in [6.07, 6.45) is 2.09. The van der Waals surface area contributed by atoms with Crippen molar-refractivity contribution < 1.29 is 9.53 Å². The number of hydrogen-bond acceptors (Lipinski definition) is 3. The number of hydrogen-bond donors (Lipinski definition) is 1. The average molecular weight is 426 g/mol. The Morgan fingerprint density at radius 2 is 1.77 bits per heavy atom. The molecule has 0 aliphatic carbocycles. The Morgan fingerprint density at radius 1 is 1.14 bits per heavy atom. The van der Waals surface area contributed by atoms with Crippen molar-refractivity contribution in [2.24, 2.45) is 4.99 Å². The molecule has 1 N–H and O–H groups in total. The van der Waals surface area contributed by atoms with E-state index in [0.717, 1.165) is 71.3 Å². The van der Waals surface area contributed by atoms with Crippen LogP contribution in [0.25, 0.3) is 0 Å². The Hall–Kier alpha value is -0.570. The number of piperazine rings is 1. The van der Waals surface area contributed by atoms with Gasteiger partial charge in [0.15, 0.2) is 5.96 Å². The van der Waals surface area contributed by atoms with Gasteiger partial charge in [0.25, 0.3) is 0 Å². The van der Waals surface area contributed by atoms with E-state index in [-0.39, 0.29) is 29.9 Å². The van der Waals surface area contributed by atoms with E-state index in [2.05, 4.69) is 22.1 Å². The van der Waals surface area contributed by atoms with Gasteiger partial charge in [0.1, 0.15) is 0 Å². The molecular formula is C15H31IN4O2. The number of nitrogens with one attached hydrogen (secondary N) is 1. The third kappa shape index (κ3) is 8.17. The fraction of sp³-hybridized carbons (Fsp3) is 0.867. The molecule has 7 heteroatoms. The molecule has 0 aromatic heterocycles. The van der Waals surface area contributed by atoms with Crippen LogP contribution in [0.2, 0.25) is 0 Å². The molecule has 0 aromatic carbocycles. The zero-order valence-corrected chi connectivity index (χ0v) is 16.5. The van der Waals surface area contributed by atoms with E-state index in [9.17, 15) is 4.79 Å². The number of halogens is 1. The third-order valence-electron chi connectivity index (χ3n) is 3.52. The van der Waals surface area contributed by atoms with Crippen molar-refractivity contribution in [3.63, 3.8) is 0 Å². The Balaban J connectivity index is 0.00000441. The van der Waals surface area contributed by atoms with Crippen LogP contribution in [-0.4, -0.2) is 74.1 Å². The lowest BCUT2D eigenvalue weighted by Crippen LogP contribution is -2.53. The quantitative estimate of drug-likeness (QED) is 0.291. The number of aliphatic imine (C=N–C) groups is 1. The number of carbonyl (C=O) groups excluding carboxylic acids is 1. The molecule has 22 heavy (non-hydrogen) atoms. The van der Waals surface area contributed by atoms with Gasteiger partial charge >= 0.3 is 0 Å². The number of amides is 1. The second-order valence-corrected chi connectivity index (χ2v) is 5.13. The fourth-order valence-corrected chi connectivity index (χ4v) is 2.30. The zero-order valence-electron chi connectivity index (χ0n) is 14.1. The van der Waals surface area contributed by atoms with Gasteiger partial charge < -0.3 is 19.9 Å². The highest BCUT2D eigenvalue weighted by molar-refractivity contribution is 14.0. The van der Waals surface area contributed by atoms with E-state index in [1.807, 2.05) is 11.8 Å². The third-order valence-corrected chi connectivity index (χ3v) is 3.52. The van der Waals surface area contributed by atoms with Gasteiger partial charge in [-0.05, 0) is 26.7 Å². The highest BCUT2D eigenvalue weighted by Gasteiger charge is 2.20. The summed E-state index contributed by atoms with van der Waals surface area (Å²) in [5.41, 5.74) is 0. The van der Waals surface area contributed by atoms with Crippen molar-refractivity contribution in [1.29, 1.82) is 0 Å². The Morgan fingerprint density at radius 3 is 2.32 bits per heavy atom. The molecule has 0 unspecified atom stereocenters. The number of unbranched alkanes of at least 4 members (excludes halogenated alkanes) is 1. The minimum Gasteiger partial charge on any atom is -0.382 e. The highest BCUT2D eigenvalue weighted by atomic mass is 127. The van der Waals surface area contributed by atoms with Crippen LogP contribution in [0, 0.1) is 0 Å². The molecule has 1 rings (SSSR count).